The number of amides is 1. The Balaban J connectivity index is 1.42. The number of rotatable bonds is 6. The number of halogens is 4. The molecule has 2 atom stereocenters. The van der Waals surface area contributed by atoms with Crippen molar-refractivity contribution in [3.63, 3.8) is 0 Å². The monoisotopic (exact) mass is 496 g/mol. The molecular formula is C25H32F4N4O2. The number of hydrogen-bond donors (Lipinski definition) is 2. The second-order valence-corrected chi connectivity index (χ2v) is 10.3. The molecule has 2 N–H and O–H groups in total. The number of alkyl halides is 3. The summed E-state index contributed by atoms with van der Waals surface area (Å²) in [6, 6.07) is 4.62. The number of carbonyl (C=O) groups excluding carboxylic acids is 1. The van der Waals surface area contributed by atoms with Crippen molar-refractivity contribution >= 4 is 5.91 Å². The molecule has 0 unspecified atom stereocenters. The minimum absolute atomic E-state index is 0.0202. The summed E-state index contributed by atoms with van der Waals surface area (Å²) in [7, 11) is 0. The van der Waals surface area contributed by atoms with Gasteiger partial charge in [0.15, 0.2) is 0 Å². The van der Waals surface area contributed by atoms with Crippen molar-refractivity contribution in [2.45, 2.75) is 76.4 Å². The number of nitrogens with zero attached hydrogens (tertiary/aromatic N) is 3. The van der Waals surface area contributed by atoms with Crippen LogP contribution in [0.5, 0.6) is 0 Å². The summed E-state index contributed by atoms with van der Waals surface area (Å²) in [6.07, 6.45) is 2.60. The molecule has 1 aromatic heterocycles. The quantitative estimate of drug-likeness (QED) is 0.585. The van der Waals surface area contributed by atoms with Crippen LogP contribution < -0.4 is 5.32 Å². The molecule has 1 amide bonds. The summed E-state index contributed by atoms with van der Waals surface area (Å²) < 4.78 is 54.9. The number of piperidine rings is 1. The lowest BCUT2D eigenvalue weighted by Gasteiger charge is -2.41. The van der Waals surface area contributed by atoms with E-state index in [0.717, 1.165) is 44.5 Å². The van der Waals surface area contributed by atoms with Gasteiger partial charge in [-0.3, -0.25) is 9.48 Å². The third-order valence-electron chi connectivity index (χ3n) is 7.75. The van der Waals surface area contributed by atoms with Crippen LogP contribution in [0.15, 0.2) is 36.7 Å². The summed E-state index contributed by atoms with van der Waals surface area (Å²) in [6.45, 7) is 4.67. The second kappa shape index (κ2) is 9.54. The lowest BCUT2D eigenvalue weighted by Crippen LogP contribution is -2.53. The van der Waals surface area contributed by atoms with Crippen LogP contribution in [0, 0.1) is 11.2 Å². The van der Waals surface area contributed by atoms with Gasteiger partial charge in [-0.1, -0.05) is 0 Å². The molecule has 1 saturated heterocycles. The van der Waals surface area contributed by atoms with Crippen molar-refractivity contribution in [2.75, 3.05) is 13.1 Å². The Morgan fingerprint density at radius 3 is 2.49 bits per heavy atom. The van der Waals surface area contributed by atoms with E-state index in [4.69, 9.17) is 0 Å². The van der Waals surface area contributed by atoms with Crippen molar-refractivity contribution < 1.29 is 27.5 Å². The number of nitrogens with one attached hydrogen (secondary N) is 1. The van der Waals surface area contributed by atoms with Gasteiger partial charge >= 0.3 is 6.18 Å². The van der Waals surface area contributed by atoms with E-state index in [1.165, 1.54) is 0 Å². The Morgan fingerprint density at radius 1 is 1.17 bits per heavy atom. The molecular weight excluding hydrogens is 464 g/mol. The number of likely N-dealkylation sites (tertiary alicyclic amines) is 1. The summed E-state index contributed by atoms with van der Waals surface area (Å²) in [5, 5.41) is 18.0. The lowest BCUT2D eigenvalue weighted by atomic mass is 9.71. The number of benzene rings is 1. The average molecular weight is 497 g/mol. The summed E-state index contributed by atoms with van der Waals surface area (Å²) >= 11 is 0. The average Bonchev–Trinajstić information content (AvgIpc) is 3.47. The largest absolute Gasteiger partial charge is 0.416 e. The molecule has 10 heteroatoms. The van der Waals surface area contributed by atoms with Crippen molar-refractivity contribution in [1.82, 2.24) is 20.0 Å². The van der Waals surface area contributed by atoms with Gasteiger partial charge in [0, 0.05) is 38.1 Å². The Kier molecular flexibility index (Phi) is 6.98. The van der Waals surface area contributed by atoms with Gasteiger partial charge in [-0.05, 0) is 75.8 Å². The van der Waals surface area contributed by atoms with Crippen LogP contribution in [-0.4, -0.2) is 50.4 Å². The summed E-state index contributed by atoms with van der Waals surface area (Å²) in [5.74, 6) is -1.43. The Morgan fingerprint density at radius 2 is 1.89 bits per heavy atom. The Hall–Kier alpha value is -2.46. The van der Waals surface area contributed by atoms with Crippen molar-refractivity contribution in [2.24, 2.45) is 5.41 Å². The molecule has 192 valence electrons. The molecule has 1 saturated carbocycles. The first-order chi connectivity index (χ1) is 16.4. The van der Waals surface area contributed by atoms with Gasteiger partial charge in [-0.15, -0.1) is 0 Å². The van der Waals surface area contributed by atoms with E-state index in [2.05, 4.69) is 15.3 Å². The molecule has 35 heavy (non-hydrogen) atoms. The standard InChI is InChI=1S/C25H32F4N4O2/c1-23(2,35)24(22(34)30-16-17-12-18(25(27,28)29)14-19(26)13-17)7-4-21(15-24)32-10-5-20(6-11-32)33-9-3-8-31-33/h3,8-9,12-14,20-21,35H,4-7,10-11,15-16H2,1-2H3,(H,30,34)/t21-,24-/m1/s1. The van der Waals surface area contributed by atoms with Gasteiger partial charge in [-0.2, -0.15) is 18.3 Å². The summed E-state index contributed by atoms with van der Waals surface area (Å²) in [5.41, 5.74) is -3.50. The van der Waals surface area contributed by atoms with E-state index in [0.29, 0.717) is 24.9 Å². The number of aromatic nitrogens is 2. The summed E-state index contributed by atoms with van der Waals surface area (Å²) in [4.78, 5) is 15.7. The molecule has 2 fully saturated rings. The fourth-order valence-corrected chi connectivity index (χ4v) is 5.65. The Labute approximate surface area is 202 Å². The highest BCUT2D eigenvalue weighted by molar-refractivity contribution is 5.84. The molecule has 0 radical (unpaired) electrons. The van der Waals surface area contributed by atoms with Crippen molar-refractivity contribution in [3.05, 3.63) is 53.6 Å². The van der Waals surface area contributed by atoms with Gasteiger partial charge < -0.3 is 15.3 Å². The van der Waals surface area contributed by atoms with E-state index in [9.17, 15) is 27.5 Å². The minimum atomic E-state index is -4.68. The zero-order chi connectivity index (χ0) is 25.4. The zero-order valence-electron chi connectivity index (χ0n) is 20.0. The molecule has 1 aliphatic carbocycles. The topological polar surface area (TPSA) is 70.4 Å². The third kappa shape index (κ3) is 5.38. The van der Waals surface area contributed by atoms with Gasteiger partial charge in [0.1, 0.15) is 5.82 Å². The van der Waals surface area contributed by atoms with Crippen LogP contribution in [-0.2, 0) is 17.5 Å². The minimum Gasteiger partial charge on any atom is -0.389 e. The molecule has 2 aliphatic rings. The van der Waals surface area contributed by atoms with E-state index < -0.39 is 34.5 Å². The number of aliphatic hydroxyl groups is 1. The highest BCUT2D eigenvalue weighted by Crippen LogP contribution is 2.49. The number of carbonyl (C=O) groups is 1. The van der Waals surface area contributed by atoms with Gasteiger partial charge in [0.05, 0.1) is 22.6 Å². The van der Waals surface area contributed by atoms with Crippen LogP contribution in [0.1, 0.15) is 63.1 Å². The van der Waals surface area contributed by atoms with Crippen LogP contribution in [0.2, 0.25) is 0 Å². The molecule has 2 heterocycles. The van der Waals surface area contributed by atoms with Crippen molar-refractivity contribution in [1.29, 1.82) is 0 Å². The molecule has 0 bridgehead atoms. The third-order valence-corrected chi connectivity index (χ3v) is 7.75. The van der Waals surface area contributed by atoms with Gasteiger partial charge in [0.2, 0.25) is 5.91 Å². The highest BCUT2D eigenvalue weighted by atomic mass is 19.4. The first-order valence-corrected chi connectivity index (χ1v) is 12.0. The SMILES string of the molecule is CC(C)(O)[C@]1(C(=O)NCc2cc(F)cc(C(F)(F)F)c2)CC[C@@H](N2CCC(n3cccn3)CC2)C1. The maximum absolute atomic E-state index is 13.8. The fraction of sp³-hybridized carbons (Fsp3) is 0.600. The predicted molar refractivity (Wildman–Crippen MR) is 122 cm³/mol. The normalized spacial score (nSPS) is 24.6. The molecule has 0 spiro atoms. The van der Waals surface area contributed by atoms with Gasteiger partial charge in [-0.25, -0.2) is 4.39 Å². The smallest absolute Gasteiger partial charge is 0.389 e. The fourth-order valence-electron chi connectivity index (χ4n) is 5.65. The lowest BCUT2D eigenvalue weighted by molar-refractivity contribution is -0.147. The predicted octanol–water partition coefficient (Wildman–Crippen LogP) is 4.30. The molecule has 1 aromatic carbocycles. The Bertz CT molecular complexity index is 1030. The van der Waals surface area contributed by atoms with E-state index in [1.807, 2.05) is 16.9 Å². The maximum atomic E-state index is 13.8. The second-order valence-electron chi connectivity index (χ2n) is 10.3. The number of hydrogen-bond acceptors (Lipinski definition) is 4. The molecule has 1 aliphatic heterocycles. The molecule has 2 aromatic rings. The first-order valence-electron chi connectivity index (χ1n) is 12.0. The molecule has 4 rings (SSSR count). The van der Waals surface area contributed by atoms with Crippen LogP contribution in [0.25, 0.3) is 0 Å². The van der Waals surface area contributed by atoms with E-state index in [-0.39, 0.29) is 18.2 Å². The molecule has 6 nitrogen and oxygen atoms in total. The van der Waals surface area contributed by atoms with Crippen LogP contribution >= 0.6 is 0 Å². The van der Waals surface area contributed by atoms with Crippen molar-refractivity contribution in [3.8, 4) is 0 Å². The maximum Gasteiger partial charge on any atom is 0.416 e. The van der Waals surface area contributed by atoms with E-state index >= 15 is 0 Å². The zero-order valence-corrected chi connectivity index (χ0v) is 20.0. The van der Waals surface area contributed by atoms with Gasteiger partial charge in [0.25, 0.3) is 0 Å². The van der Waals surface area contributed by atoms with Crippen LogP contribution in [0.4, 0.5) is 17.6 Å². The first kappa shape index (κ1) is 25.6. The highest BCUT2D eigenvalue weighted by Gasteiger charge is 2.55. The van der Waals surface area contributed by atoms with Crippen LogP contribution in [0.3, 0.4) is 0 Å². The van der Waals surface area contributed by atoms with E-state index in [1.54, 1.807) is 20.0 Å².